The van der Waals surface area contributed by atoms with Crippen molar-refractivity contribution >= 4 is 68.7 Å². The van der Waals surface area contributed by atoms with Crippen molar-refractivity contribution in [1.29, 1.82) is 0 Å². The summed E-state index contributed by atoms with van der Waals surface area (Å²) in [4.78, 5) is 26.3. The van der Waals surface area contributed by atoms with Crippen LogP contribution in [0, 0.1) is 0 Å². The summed E-state index contributed by atoms with van der Waals surface area (Å²) >= 11 is 10.1. The highest BCUT2D eigenvalue weighted by Gasteiger charge is 2.43. The number of nitrogens with zero attached hydrogens (tertiary/aromatic N) is 2. The van der Waals surface area contributed by atoms with Crippen molar-refractivity contribution in [3.63, 3.8) is 0 Å². The van der Waals surface area contributed by atoms with Crippen LogP contribution in [0.4, 0.5) is 10.8 Å². The molecule has 1 fully saturated rings. The molecule has 1 saturated carbocycles. The maximum atomic E-state index is 13.1. The number of hydrogen-bond donors (Lipinski definition) is 2. The number of thiophene rings is 1. The molecule has 2 aromatic heterocycles. The van der Waals surface area contributed by atoms with E-state index in [0.29, 0.717) is 20.2 Å². The summed E-state index contributed by atoms with van der Waals surface area (Å²) in [5.74, 6) is 0.00770. The number of amides is 2. The molecule has 0 atom stereocenters. The maximum absolute atomic E-state index is 13.1. The van der Waals surface area contributed by atoms with E-state index in [-0.39, 0.29) is 17.6 Å². The number of carbonyl (C=O) groups is 2. The first-order valence-electron chi connectivity index (χ1n) is 9.42. The first-order valence-corrected chi connectivity index (χ1v) is 12.5. The van der Waals surface area contributed by atoms with Crippen molar-refractivity contribution in [2.24, 2.45) is 0 Å². The fourth-order valence-corrected chi connectivity index (χ4v) is 6.26. The molecule has 0 radical (unpaired) electrons. The molecule has 0 aliphatic heterocycles. The molecule has 156 valence electrons. The predicted octanol–water partition coefficient (Wildman–Crippen LogP) is 5.43. The van der Waals surface area contributed by atoms with Crippen molar-refractivity contribution in [1.82, 2.24) is 10.2 Å². The van der Waals surface area contributed by atoms with E-state index < -0.39 is 5.41 Å². The zero-order chi connectivity index (χ0) is 21.0. The van der Waals surface area contributed by atoms with Gasteiger partial charge in [0.25, 0.3) is 0 Å². The normalized spacial score (nSPS) is 15.1. The molecule has 0 unspecified atom stereocenters. The largest absolute Gasteiger partial charge is 0.325 e. The molecular weight excluding hydrogens is 460 g/mol. The van der Waals surface area contributed by atoms with Gasteiger partial charge in [-0.05, 0) is 42.5 Å². The van der Waals surface area contributed by atoms with Gasteiger partial charge in [0.05, 0.1) is 11.2 Å². The SMILES string of the molecule is O=C(CSc1nnc(NC(=O)C2(c3cccs3)CCCC2)s1)Nc1cccc(Cl)c1. The minimum Gasteiger partial charge on any atom is -0.325 e. The molecule has 10 heteroatoms. The van der Waals surface area contributed by atoms with Crippen LogP contribution in [0.2, 0.25) is 5.02 Å². The molecule has 4 rings (SSSR count). The summed E-state index contributed by atoms with van der Waals surface area (Å²) in [6.07, 6.45) is 3.79. The monoisotopic (exact) mass is 478 g/mol. The molecular formula is C20H19ClN4O2S3. The minimum absolute atomic E-state index is 0.0196. The van der Waals surface area contributed by atoms with Gasteiger partial charge in [-0.3, -0.25) is 14.9 Å². The number of thioether (sulfide) groups is 1. The van der Waals surface area contributed by atoms with Gasteiger partial charge in [0, 0.05) is 15.6 Å². The fourth-order valence-electron chi connectivity index (χ4n) is 3.54. The van der Waals surface area contributed by atoms with E-state index >= 15 is 0 Å². The maximum Gasteiger partial charge on any atom is 0.237 e. The number of aromatic nitrogens is 2. The number of benzene rings is 1. The molecule has 2 N–H and O–H groups in total. The zero-order valence-corrected chi connectivity index (χ0v) is 19.1. The molecule has 0 saturated heterocycles. The summed E-state index contributed by atoms with van der Waals surface area (Å²) in [6, 6.07) is 11.0. The summed E-state index contributed by atoms with van der Waals surface area (Å²) in [5.41, 5.74) is 0.179. The first-order chi connectivity index (χ1) is 14.5. The number of halogens is 1. The quantitative estimate of drug-likeness (QED) is 0.349. The lowest BCUT2D eigenvalue weighted by Crippen LogP contribution is -2.37. The van der Waals surface area contributed by atoms with Crippen LogP contribution in [0.5, 0.6) is 0 Å². The number of nitrogens with one attached hydrogen (secondary N) is 2. The topological polar surface area (TPSA) is 84.0 Å². The van der Waals surface area contributed by atoms with Crippen LogP contribution in [0.15, 0.2) is 46.1 Å². The minimum atomic E-state index is -0.468. The van der Waals surface area contributed by atoms with Crippen molar-refractivity contribution in [3.05, 3.63) is 51.7 Å². The van der Waals surface area contributed by atoms with E-state index in [4.69, 9.17) is 11.6 Å². The summed E-state index contributed by atoms with van der Waals surface area (Å²) in [5, 5.41) is 17.0. The van der Waals surface area contributed by atoms with Crippen molar-refractivity contribution < 1.29 is 9.59 Å². The Morgan fingerprint density at radius 1 is 1.13 bits per heavy atom. The van der Waals surface area contributed by atoms with Crippen molar-refractivity contribution in [2.45, 2.75) is 35.4 Å². The third kappa shape index (κ3) is 4.85. The lowest BCUT2D eigenvalue weighted by atomic mass is 9.83. The molecule has 2 heterocycles. The molecule has 0 bridgehead atoms. The first kappa shape index (κ1) is 21.3. The van der Waals surface area contributed by atoms with Crippen molar-refractivity contribution in [3.8, 4) is 0 Å². The Hall–Kier alpha value is -1.94. The van der Waals surface area contributed by atoms with Gasteiger partial charge in [-0.2, -0.15) is 0 Å². The van der Waals surface area contributed by atoms with E-state index in [9.17, 15) is 9.59 Å². The third-order valence-corrected chi connectivity index (χ3v) is 8.23. The summed E-state index contributed by atoms with van der Waals surface area (Å²) < 4.78 is 0.628. The van der Waals surface area contributed by atoms with Crippen LogP contribution < -0.4 is 10.6 Å². The molecule has 30 heavy (non-hydrogen) atoms. The van der Waals surface area contributed by atoms with Crippen molar-refractivity contribution in [2.75, 3.05) is 16.4 Å². The Bertz CT molecular complexity index is 1030. The standard InChI is InChI=1S/C20H19ClN4O2S3/c21-13-5-3-6-14(11-13)22-16(26)12-29-19-25-24-18(30-19)23-17(27)20(8-1-2-9-20)15-7-4-10-28-15/h3-7,10-11H,1-2,8-9,12H2,(H,22,26)(H,23,24,27). The van der Waals surface area contributed by atoms with Gasteiger partial charge < -0.3 is 5.32 Å². The molecule has 3 aromatic rings. The molecule has 0 spiro atoms. The van der Waals surface area contributed by atoms with Gasteiger partial charge in [0.1, 0.15) is 0 Å². The van der Waals surface area contributed by atoms with Gasteiger partial charge in [-0.15, -0.1) is 21.5 Å². The smallest absolute Gasteiger partial charge is 0.237 e. The molecule has 1 aliphatic carbocycles. The summed E-state index contributed by atoms with van der Waals surface area (Å²) in [7, 11) is 0. The van der Waals surface area contributed by atoms with Crippen LogP contribution in [0.3, 0.4) is 0 Å². The number of anilines is 2. The van der Waals surface area contributed by atoms with Crippen LogP contribution in [0.1, 0.15) is 30.6 Å². The summed E-state index contributed by atoms with van der Waals surface area (Å²) in [6.45, 7) is 0. The Morgan fingerprint density at radius 2 is 1.97 bits per heavy atom. The second kappa shape index (κ2) is 9.47. The van der Waals surface area contributed by atoms with E-state index in [1.807, 2.05) is 17.5 Å². The van der Waals surface area contributed by atoms with Crippen LogP contribution in [-0.2, 0) is 15.0 Å². The molecule has 6 nitrogen and oxygen atoms in total. The van der Waals surface area contributed by atoms with E-state index in [1.54, 1.807) is 35.6 Å². The van der Waals surface area contributed by atoms with Crippen LogP contribution in [0.25, 0.3) is 0 Å². The van der Waals surface area contributed by atoms with E-state index in [1.165, 1.54) is 23.1 Å². The average molecular weight is 479 g/mol. The lowest BCUT2D eigenvalue weighted by molar-refractivity contribution is -0.121. The lowest BCUT2D eigenvalue weighted by Gasteiger charge is -2.25. The highest BCUT2D eigenvalue weighted by atomic mass is 35.5. The molecule has 1 aromatic carbocycles. The van der Waals surface area contributed by atoms with E-state index in [0.717, 1.165) is 30.6 Å². The van der Waals surface area contributed by atoms with Crippen LogP contribution >= 0.6 is 46.0 Å². The molecule has 1 aliphatic rings. The second-order valence-electron chi connectivity index (χ2n) is 6.94. The highest BCUT2D eigenvalue weighted by molar-refractivity contribution is 8.01. The van der Waals surface area contributed by atoms with Gasteiger partial charge in [-0.1, -0.05) is 59.7 Å². The Morgan fingerprint density at radius 3 is 2.70 bits per heavy atom. The Kier molecular flexibility index (Phi) is 6.72. The second-order valence-corrected chi connectivity index (χ2v) is 10.5. The van der Waals surface area contributed by atoms with Crippen LogP contribution in [-0.4, -0.2) is 27.8 Å². The van der Waals surface area contributed by atoms with Gasteiger partial charge in [0.2, 0.25) is 16.9 Å². The Labute approximate surface area is 191 Å². The zero-order valence-electron chi connectivity index (χ0n) is 15.9. The fraction of sp³-hybridized carbons (Fsp3) is 0.300. The van der Waals surface area contributed by atoms with E-state index in [2.05, 4.69) is 20.8 Å². The molecule has 2 amide bonds. The number of carbonyl (C=O) groups excluding carboxylic acids is 2. The number of rotatable bonds is 7. The Balaban J connectivity index is 1.34. The van der Waals surface area contributed by atoms with Gasteiger partial charge >= 0.3 is 0 Å². The highest BCUT2D eigenvalue weighted by Crippen LogP contribution is 2.44. The number of hydrogen-bond acceptors (Lipinski definition) is 7. The predicted molar refractivity (Wildman–Crippen MR) is 124 cm³/mol. The third-order valence-electron chi connectivity index (χ3n) is 4.95. The van der Waals surface area contributed by atoms with Gasteiger partial charge in [0.15, 0.2) is 4.34 Å². The average Bonchev–Trinajstić information content (AvgIpc) is 3.48. The van der Waals surface area contributed by atoms with Gasteiger partial charge in [-0.25, -0.2) is 0 Å².